The molecule has 3 heterocycles. The molecule has 0 spiro atoms. The number of nitrogens with zero attached hydrogens (tertiary/aromatic N) is 2. The number of fused-ring (bicyclic) bond motifs is 1. The Morgan fingerprint density at radius 1 is 1.50 bits per heavy atom. The van der Waals surface area contributed by atoms with Crippen molar-refractivity contribution in [2.45, 2.75) is 31.7 Å². The fourth-order valence-corrected chi connectivity index (χ4v) is 2.68. The van der Waals surface area contributed by atoms with E-state index >= 15 is 0 Å². The standard InChI is InChI=1S/C13H17N3/c1-2-11-10(6-7-14-11)12-9-16-8-4-3-5-13(16)15-12/h3-5,8-11,14H,2,6-7H2,1H3. The zero-order valence-electron chi connectivity index (χ0n) is 9.56. The summed E-state index contributed by atoms with van der Waals surface area (Å²) in [5.74, 6) is 0.588. The van der Waals surface area contributed by atoms with Gasteiger partial charge in [-0.3, -0.25) is 0 Å². The Morgan fingerprint density at radius 2 is 2.44 bits per heavy atom. The van der Waals surface area contributed by atoms with Gasteiger partial charge in [-0.05, 0) is 31.5 Å². The Morgan fingerprint density at radius 3 is 3.25 bits per heavy atom. The van der Waals surface area contributed by atoms with Gasteiger partial charge >= 0.3 is 0 Å². The van der Waals surface area contributed by atoms with Gasteiger partial charge in [0.15, 0.2) is 0 Å². The molecule has 1 saturated heterocycles. The minimum Gasteiger partial charge on any atom is -0.313 e. The lowest BCUT2D eigenvalue weighted by Crippen LogP contribution is -2.24. The van der Waals surface area contributed by atoms with Gasteiger partial charge in [0.2, 0.25) is 0 Å². The van der Waals surface area contributed by atoms with Gasteiger partial charge in [0.05, 0.1) is 5.69 Å². The van der Waals surface area contributed by atoms with E-state index in [1.807, 2.05) is 12.1 Å². The fourth-order valence-electron chi connectivity index (χ4n) is 2.68. The first kappa shape index (κ1) is 9.85. The Balaban J connectivity index is 1.99. The van der Waals surface area contributed by atoms with Crippen molar-refractivity contribution < 1.29 is 0 Å². The van der Waals surface area contributed by atoms with Crippen LogP contribution in [0.15, 0.2) is 30.6 Å². The summed E-state index contributed by atoms with van der Waals surface area (Å²) in [5, 5.41) is 3.55. The van der Waals surface area contributed by atoms with Crippen molar-refractivity contribution >= 4 is 5.65 Å². The van der Waals surface area contributed by atoms with Crippen LogP contribution in [0.25, 0.3) is 5.65 Å². The van der Waals surface area contributed by atoms with Gasteiger partial charge in [0, 0.05) is 24.4 Å². The van der Waals surface area contributed by atoms with Crippen LogP contribution in [0.4, 0.5) is 0 Å². The first-order valence-electron chi connectivity index (χ1n) is 6.05. The highest BCUT2D eigenvalue weighted by molar-refractivity contribution is 5.40. The zero-order chi connectivity index (χ0) is 11.0. The number of aromatic nitrogens is 2. The number of imidazole rings is 1. The molecular formula is C13H17N3. The van der Waals surface area contributed by atoms with Gasteiger partial charge in [0.1, 0.15) is 5.65 Å². The molecule has 0 amide bonds. The Bertz CT molecular complexity index is 456. The first-order chi connectivity index (χ1) is 7.88. The molecule has 3 heteroatoms. The molecule has 1 fully saturated rings. The van der Waals surface area contributed by atoms with Crippen LogP contribution in [0.3, 0.4) is 0 Å². The molecule has 3 nitrogen and oxygen atoms in total. The summed E-state index contributed by atoms with van der Waals surface area (Å²) in [5.41, 5.74) is 2.29. The summed E-state index contributed by atoms with van der Waals surface area (Å²) in [6, 6.07) is 6.75. The van der Waals surface area contributed by atoms with Crippen molar-refractivity contribution in [3.63, 3.8) is 0 Å². The van der Waals surface area contributed by atoms with Gasteiger partial charge < -0.3 is 9.72 Å². The maximum absolute atomic E-state index is 4.72. The predicted octanol–water partition coefficient (Wildman–Crippen LogP) is 2.19. The highest BCUT2D eigenvalue weighted by Crippen LogP contribution is 2.28. The third kappa shape index (κ3) is 1.52. The largest absolute Gasteiger partial charge is 0.313 e. The second kappa shape index (κ2) is 3.91. The molecule has 0 bridgehead atoms. The third-order valence-electron chi connectivity index (χ3n) is 3.55. The quantitative estimate of drug-likeness (QED) is 0.832. The second-order valence-electron chi connectivity index (χ2n) is 4.50. The third-order valence-corrected chi connectivity index (χ3v) is 3.55. The molecule has 1 N–H and O–H groups in total. The molecule has 2 atom stereocenters. The van der Waals surface area contributed by atoms with Crippen molar-refractivity contribution in [1.82, 2.24) is 14.7 Å². The summed E-state index contributed by atoms with van der Waals surface area (Å²) in [4.78, 5) is 4.72. The summed E-state index contributed by atoms with van der Waals surface area (Å²) < 4.78 is 2.11. The lowest BCUT2D eigenvalue weighted by molar-refractivity contribution is 0.525. The molecule has 2 unspecified atom stereocenters. The summed E-state index contributed by atoms with van der Waals surface area (Å²) >= 11 is 0. The molecule has 0 saturated carbocycles. The van der Waals surface area contributed by atoms with Crippen LogP contribution >= 0.6 is 0 Å². The van der Waals surface area contributed by atoms with Crippen LogP contribution in [-0.2, 0) is 0 Å². The van der Waals surface area contributed by atoms with E-state index in [1.54, 1.807) is 0 Å². The van der Waals surface area contributed by atoms with Crippen molar-refractivity contribution in [3.8, 4) is 0 Å². The lowest BCUT2D eigenvalue weighted by Gasteiger charge is -2.14. The smallest absolute Gasteiger partial charge is 0.136 e. The molecule has 2 aromatic rings. The van der Waals surface area contributed by atoms with E-state index in [0.717, 1.165) is 12.2 Å². The van der Waals surface area contributed by atoms with Crippen molar-refractivity contribution in [3.05, 3.63) is 36.3 Å². The summed E-state index contributed by atoms with van der Waals surface area (Å²) in [7, 11) is 0. The van der Waals surface area contributed by atoms with E-state index in [4.69, 9.17) is 4.98 Å². The van der Waals surface area contributed by atoms with Crippen LogP contribution in [0.2, 0.25) is 0 Å². The van der Waals surface area contributed by atoms with E-state index < -0.39 is 0 Å². The van der Waals surface area contributed by atoms with E-state index in [2.05, 4.69) is 35.1 Å². The van der Waals surface area contributed by atoms with Crippen LogP contribution in [0.5, 0.6) is 0 Å². The van der Waals surface area contributed by atoms with Crippen LogP contribution in [-0.4, -0.2) is 22.0 Å². The monoisotopic (exact) mass is 215 g/mol. The maximum atomic E-state index is 4.72. The van der Waals surface area contributed by atoms with Gasteiger partial charge in [-0.1, -0.05) is 13.0 Å². The molecule has 1 aliphatic rings. The normalized spacial score (nSPS) is 25.3. The summed E-state index contributed by atoms with van der Waals surface area (Å²) in [6.07, 6.45) is 6.63. The van der Waals surface area contributed by atoms with Gasteiger partial charge in [-0.2, -0.15) is 0 Å². The topological polar surface area (TPSA) is 29.3 Å². The molecule has 2 aromatic heterocycles. The van der Waals surface area contributed by atoms with Crippen molar-refractivity contribution in [2.75, 3.05) is 6.54 Å². The van der Waals surface area contributed by atoms with Crippen molar-refractivity contribution in [1.29, 1.82) is 0 Å². The molecule has 0 aliphatic carbocycles. The predicted molar refractivity (Wildman–Crippen MR) is 64.6 cm³/mol. The van der Waals surface area contributed by atoms with Crippen LogP contribution in [0.1, 0.15) is 31.4 Å². The zero-order valence-corrected chi connectivity index (χ0v) is 9.56. The van der Waals surface area contributed by atoms with E-state index in [1.165, 1.54) is 18.5 Å². The maximum Gasteiger partial charge on any atom is 0.136 e. The Labute approximate surface area is 95.5 Å². The number of pyridine rings is 1. The second-order valence-corrected chi connectivity index (χ2v) is 4.50. The van der Waals surface area contributed by atoms with Crippen LogP contribution in [0, 0.1) is 0 Å². The molecule has 0 aromatic carbocycles. The highest BCUT2D eigenvalue weighted by Gasteiger charge is 2.28. The average molecular weight is 215 g/mol. The van der Waals surface area contributed by atoms with Gasteiger partial charge in [-0.25, -0.2) is 4.98 Å². The average Bonchev–Trinajstić information content (AvgIpc) is 2.94. The fraction of sp³-hybridized carbons (Fsp3) is 0.462. The number of hydrogen-bond donors (Lipinski definition) is 1. The van der Waals surface area contributed by atoms with Gasteiger partial charge in [0.25, 0.3) is 0 Å². The highest BCUT2D eigenvalue weighted by atomic mass is 15.0. The number of hydrogen-bond acceptors (Lipinski definition) is 2. The minimum atomic E-state index is 0.588. The molecule has 1 aliphatic heterocycles. The molecular weight excluding hydrogens is 198 g/mol. The van der Waals surface area contributed by atoms with E-state index in [9.17, 15) is 0 Å². The SMILES string of the molecule is CCC1NCCC1c1cn2ccccc2n1. The van der Waals surface area contributed by atoms with E-state index in [0.29, 0.717) is 12.0 Å². The summed E-state index contributed by atoms with van der Waals surface area (Å²) in [6.45, 7) is 3.36. The first-order valence-corrected chi connectivity index (χ1v) is 6.05. The van der Waals surface area contributed by atoms with E-state index in [-0.39, 0.29) is 0 Å². The van der Waals surface area contributed by atoms with Crippen LogP contribution < -0.4 is 5.32 Å². The molecule has 3 rings (SSSR count). The number of rotatable bonds is 2. The Kier molecular flexibility index (Phi) is 2.40. The number of nitrogens with one attached hydrogen (secondary N) is 1. The molecule has 84 valence electrons. The lowest BCUT2D eigenvalue weighted by atomic mass is 9.96. The minimum absolute atomic E-state index is 0.588. The van der Waals surface area contributed by atoms with Crippen molar-refractivity contribution in [2.24, 2.45) is 0 Å². The molecule has 16 heavy (non-hydrogen) atoms. The molecule has 0 radical (unpaired) electrons. The Hall–Kier alpha value is -1.35. The van der Waals surface area contributed by atoms with Gasteiger partial charge in [-0.15, -0.1) is 0 Å².